The van der Waals surface area contributed by atoms with Gasteiger partial charge in [0, 0.05) is 21.8 Å². The first-order valence-electron chi connectivity index (χ1n) is 10.7. The summed E-state index contributed by atoms with van der Waals surface area (Å²) in [7, 11) is 0. The van der Waals surface area contributed by atoms with E-state index >= 15 is 0 Å². The summed E-state index contributed by atoms with van der Waals surface area (Å²) in [5, 5.41) is 13.6. The summed E-state index contributed by atoms with van der Waals surface area (Å²) in [4.78, 5) is 12.3. The second-order valence-electron chi connectivity index (χ2n) is 7.18. The number of carbonyl (C=O) groups excluding carboxylic acids is 1. The number of rotatable bonds is 9. The molecular weight excluding hydrogens is 489 g/mol. The summed E-state index contributed by atoms with van der Waals surface area (Å²) >= 11 is 7.25. The molecule has 1 amide bonds. The molecule has 0 unspecified atom stereocenters. The molecule has 0 aliphatic rings. The van der Waals surface area contributed by atoms with Gasteiger partial charge in [-0.3, -0.25) is 9.36 Å². The average Bonchev–Trinajstić information content (AvgIpc) is 3.29. The van der Waals surface area contributed by atoms with Crippen LogP contribution in [-0.4, -0.2) is 39.2 Å². The topological polar surface area (TPSA) is 81.4 Å². The highest BCUT2D eigenvalue weighted by Crippen LogP contribution is 2.29. The molecule has 7 nitrogen and oxygen atoms in total. The third-order valence-electron chi connectivity index (χ3n) is 4.77. The Morgan fingerprint density at radius 2 is 1.86 bits per heavy atom. The van der Waals surface area contributed by atoms with Crippen molar-refractivity contribution in [1.82, 2.24) is 20.2 Å². The van der Waals surface area contributed by atoms with Crippen molar-refractivity contribution in [1.29, 1.82) is 0 Å². The van der Waals surface area contributed by atoms with Crippen molar-refractivity contribution in [2.45, 2.75) is 12.1 Å². The molecule has 10 heteroatoms. The standard InChI is InChI=1S/C25H21ClFN5O2S/c1-2-34-21-13-11-20(12-14-21)32-24(17-7-9-19(26)10-8-17)30-31-25(32)35-16-23(33)29-28-15-18-5-3-4-6-22(18)27/h3-15H,2,16H2,1H3,(H,29,33). The maximum atomic E-state index is 13.7. The molecule has 0 spiro atoms. The third-order valence-corrected chi connectivity index (χ3v) is 5.95. The van der Waals surface area contributed by atoms with E-state index in [1.54, 1.807) is 30.3 Å². The summed E-state index contributed by atoms with van der Waals surface area (Å²) in [5.41, 5.74) is 4.32. The molecule has 1 heterocycles. The van der Waals surface area contributed by atoms with E-state index in [2.05, 4.69) is 20.7 Å². The number of hydrogen-bond acceptors (Lipinski definition) is 6. The number of halogens is 2. The summed E-state index contributed by atoms with van der Waals surface area (Å²) in [6.07, 6.45) is 1.26. The van der Waals surface area contributed by atoms with Gasteiger partial charge in [-0.15, -0.1) is 10.2 Å². The monoisotopic (exact) mass is 509 g/mol. The fraction of sp³-hybridized carbons (Fsp3) is 0.120. The van der Waals surface area contributed by atoms with Crippen LogP contribution in [0.2, 0.25) is 5.02 Å². The minimum atomic E-state index is -0.418. The molecule has 0 fully saturated rings. The lowest BCUT2D eigenvalue weighted by atomic mass is 10.2. The number of thioether (sulfide) groups is 1. The van der Waals surface area contributed by atoms with Crippen LogP contribution in [0.4, 0.5) is 4.39 Å². The largest absolute Gasteiger partial charge is 0.494 e. The van der Waals surface area contributed by atoms with Crippen LogP contribution in [0, 0.1) is 5.82 Å². The zero-order valence-electron chi connectivity index (χ0n) is 18.7. The van der Waals surface area contributed by atoms with Gasteiger partial charge in [-0.05, 0) is 61.5 Å². The van der Waals surface area contributed by atoms with E-state index in [0.29, 0.717) is 22.6 Å². The highest BCUT2D eigenvalue weighted by atomic mass is 35.5. The smallest absolute Gasteiger partial charge is 0.250 e. The van der Waals surface area contributed by atoms with Crippen molar-refractivity contribution in [3.05, 3.63) is 89.2 Å². The molecule has 0 saturated carbocycles. The number of hydrazone groups is 1. The van der Waals surface area contributed by atoms with Crippen LogP contribution in [0.1, 0.15) is 12.5 Å². The molecule has 1 aromatic heterocycles. The maximum Gasteiger partial charge on any atom is 0.250 e. The number of benzene rings is 3. The number of ether oxygens (including phenoxy) is 1. The molecule has 0 bridgehead atoms. The van der Waals surface area contributed by atoms with Crippen molar-refractivity contribution in [3.8, 4) is 22.8 Å². The Kier molecular flexibility index (Phi) is 8.12. The molecule has 0 radical (unpaired) electrons. The molecule has 35 heavy (non-hydrogen) atoms. The highest BCUT2D eigenvalue weighted by molar-refractivity contribution is 7.99. The van der Waals surface area contributed by atoms with Gasteiger partial charge in [-0.2, -0.15) is 5.10 Å². The van der Waals surface area contributed by atoms with Crippen molar-refractivity contribution >= 4 is 35.5 Å². The molecule has 178 valence electrons. The van der Waals surface area contributed by atoms with Crippen LogP contribution in [0.3, 0.4) is 0 Å². The van der Waals surface area contributed by atoms with Crippen LogP contribution < -0.4 is 10.2 Å². The minimum absolute atomic E-state index is 0.0321. The van der Waals surface area contributed by atoms with E-state index in [4.69, 9.17) is 16.3 Å². The Labute approximate surface area is 211 Å². The van der Waals surface area contributed by atoms with Gasteiger partial charge in [0.1, 0.15) is 11.6 Å². The molecule has 0 saturated heterocycles. The molecule has 1 N–H and O–H groups in total. The summed E-state index contributed by atoms with van der Waals surface area (Å²) in [6, 6.07) is 21.0. The van der Waals surface area contributed by atoms with Gasteiger partial charge in [0.25, 0.3) is 5.91 Å². The Morgan fingerprint density at radius 3 is 2.57 bits per heavy atom. The number of nitrogens with one attached hydrogen (secondary N) is 1. The molecule has 3 aromatic carbocycles. The normalized spacial score (nSPS) is 11.1. The fourth-order valence-corrected chi connectivity index (χ4v) is 4.03. The van der Waals surface area contributed by atoms with E-state index in [1.807, 2.05) is 47.9 Å². The van der Waals surface area contributed by atoms with E-state index < -0.39 is 5.82 Å². The maximum absolute atomic E-state index is 13.7. The van der Waals surface area contributed by atoms with E-state index in [1.165, 1.54) is 24.0 Å². The predicted molar refractivity (Wildman–Crippen MR) is 136 cm³/mol. The second kappa shape index (κ2) is 11.6. The van der Waals surface area contributed by atoms with Crippen molar-refractivity contribution in [3.63, 3.8) is 0 Å². The van der Waals surface area contributed by atoms with Gasteiger partial charge in [-0.25, -0.2) is 9.82 Å². The molecular formula is C25H21ClFN5O2S. The molecule has 4 rings (SSSR count). The molecule has 0 aliphatic carbocycles. The lowest BCUT2D eigenvalue weighted by Crippen LogP contribution is -2.20. The first kappa shape index (κ1) is 24.4. The molecule has 0 atom stereocenters. The summed E-state index contributed by atoms with van der Waals surface area (Å²) in [6.45, 7) is 2.49. The Bertz CT molecular complexity index is 1330. The first-order chi connectivity index (χ1) is 17.0. The minimum Gasteiger partial charge on any atom is -0.494 e. The van der Waals surface area contributed by atoms with Gasteiger partial charge in [0.15, 0.2) is 11.0 Å². The van der Waals surface area contributed by atoms with Crippen molar-refractivity contribution in [2.75, 3.05) is 12.4 Å². The number of hydrogen-bond donors (Lipinski definition) is 1. The zero-order valence-corrected chi connectivity index (χ0v) is 20.3. The van der Waals surface area contributed by atoms with Crippen molar-refractivity contribution in [2.24, 2.45) is 5.10 Å². The van der Waals surface area contributed by atoms with Crippen molar-refractivity contribution < 1.29 is 13.9 Å². The zero-order chi connectivity index (χ0) is 24.6. The SMILES string of the molecule is CCOc1ccc(-n2c(SCC(=O)NN=Cc3ccccc3F)nnc2-c2ccc(Cl)cc2)cc1. The first-order valence-corrected chi connectivity index (χ1v) is 12.1. The van der Waals surface area contributed by atoms with Crippen LogP contribution in [0.5, 0.6) is 5.75 Å². The Balaban J connectivity index is 1.53. The Hall–Kier alpha value is -3.69. The Morgan fingerprint density at radius 1 is 1.11 bits per heavy atom. The van der Waals surface area contributed by atoms with Gasteiger partial charge in [0.05, 0.1) is 18.6 Å². The molecule has 4 aromatic rings. The fourth-order valence-electron chi connectivity index (χ4n) is 3.16. The van der Waals surface area contributed by atoms with Crippen LogP contribution in [0.25, 0.3) is 17.1 Å². The number of aromatic nitrogens is 3. The predicted octanol–water partition coefficient (Wildman–Crippen LogP) is 5.37. The molecule has 0 aliphatic heterocycles. The van der Waals surface area contributed by atoms with Gasteiger partial charge in [0.2, 0.25) is 0 Å². The van der Waals surface area contributed by atoms with Crippen LogP contribution >= 0.6 is 23.4 Å². The van der Waals surface area contributed by atoms with E-state index in [9.17, 15) is 9.18 Å². The van der Waals surface area contributed by atoms with E-state index in [0.717, 1.165) is 17.0 Å². The highest BCUT2D eigenvalue weighted by Gasteiger charge is 2.17. The summed E-state index contributed by atoms with van der Waals surface area (Å²) < 4.78 is 21.1. The average molecular weight is 510 g/mol. The van der Waals surface area contributed by atoms with Gasteiger partial charge >= 0.3 is 0 Å². The second-order valence-corrected chi connectivity index (χ2v) is 8.56. The van der Waals surface area contributed by atoms with Crippen LogP contribution in [0.15, 0.2) is 83.1 Å². The third kappa shape index (κ3) is 6.26. The van der Waals surface area contributed by atoms with E-state index in [-0.39, 0.29) is 17.2 Å². The lowest BCUT2D eigenvalue weighted by molar-refractivity contribution is -0.118. The number of nitrogens with zero attached hydrogens (tertiary/aromatic N) is 4. The lowest BCUT2D eigenvalue weighted by Gasteiger charge is -2.11. The van der Waals surface area contributed by atoms with Gasteiger partial charge in [-0.1, -0.05) is 41.6 Å². The quantitative estimate of drug-likeness (QED) is 0.186. The van der Waals surface area contributed by atoms with Gasteiger partial charge < -0.3 is 4.74 Å². The summed E-state index contributed by atoms with van der Waals surface area (Å²) in [5.74, 6) is 0.601. The number of amides is 1. The number of carbonyl (C=O) groups is 1. The van der Waals surface area contributed by atoms with Crippen LogP contribution in [-0.2, 0) is 4.79 Å².